The van der Waals surface area contributed by atoms with Gasteiger partial charge in [0.2, 0.25) is 0 Å². The average Bonchev–Trinajstić information content (AvgIpc) is 2.27. The van der Waals surface area contributed by atoms with E-state index in [9.17, 15) is 9.19 Å². The topological polar surface area (TPSA) is 20.2 Å². The third-order valence-corrected chi connectivity index (χ3v) is 8.78. The molecule has 1 rings (SSSR count). The number of hydrogen-bond acceptors (Lipinski definition) is 1. The van der Waals surface area contributed by atoms with E-state index >= 15 is 0 Å². The van der Waals surface area contributed by atoms with Gasteiger partial charge in [0.25, 0.3) is 0 Å². The lowest BCUT2D eigenvalue weighted by Gasteiger charge is -2.33. The van der Waals surface area contributed by atoms with E-state index in [1.807, 2.05) is 12.1 Å². The summed E-state index contributed by atoms with van der Waals surface area (Å²) in [6, 6.07) is 7.45. The average molecular weight is 254 g/mol. The van der Waals surface area contributed by atoms with Gasteiger partial charge in [-0.1, -0.05) is 39.8 Å². The molecule has 0 heterocycles. The quantitative estimate of drug-likeness (QED) is 0.783. The first-order chi connectivity index (χ1) is 7.86. The molecule has 0 aliphatic carbocycles. The SMILES string of the molecule is CC(C)[Si](O)(CCc1ccc(F)cc1)C(C)C. The molecule has 0 saturated heterocycles. The van der Waals surface area contributed by atoms with Gasteiger partial charge in [0.15, 0.2) is 8.32 Å². The molecule has 1 N–H and O–H groups in total. The minimum atomic E-state index is -2.19. The van der Waals surface area contributed by atoms with Crippen LogP contribution in [0.25, 0.3) is 0 Å². The monoisotopic (exact) mass is 254 g/mol. The minimum absolute atomic E-state index is 0.200. The summed E-state index contributed by atoms with van der Waals surface area (Å²) in [6.45, 7) is 8.43. The van der Waals surface area contributed by atoms with E-state index in [2.05, 4.69) is 27.7 Å². The molecule has 0 fully saturated rings. The fraction of sp³-hybridized carbons (Fsp3) is 0.571. The summed E-state index contributed by atoms with van der Waals surface area (Å²) in [6.07, 6.45) is 0.847. The molecule has 1 nitrogen and oxygen atoms in total. The molecule has 96 valence electrons. The van der Waals surface area contributed by atoms with Crippen molar-refractivity contribution in [1.82, 2.24) is 0 Å². The molecule has 0 unspecified atom stereocenters. The van der Waals surface area contributed by atoms with Crippen LogP contribution >= 0.6 is 0 Å². The van der Waals surface area contributed by atoms with Gasteiger partial charge in [-0.3, -0.25) is 0 Å². The zero-order chi connectivity index (χ0) is 13.1. The smallest absolute Gasteiger partial charge is 0.193 e. The van der Waals surface area contributed by atoms with Crippen molar-refractivity contribution in [2.75, 3.05) is 0 Å². The van der Waals surface area contributed by atoms with Crippen LogP contribution in [0.2, 0.25) is 17.1 Å². The van der Waals surface area contributed by atoms with Crippen molar-refractivity contribution in [3.63, 3.8) is 0 Å². The lowest BCUT2D eigenvalue weighted by atomic mass is 10.2. The standard InChI is InChI=1S/C14H23FOSi/c1-11(2)17(16,12(3)4)10-9-13-5-7-14(15)8-6-13/h5-8,11-12,16H,9-10H2,1-4H3. The molecule has 0 spiro atoms. The highest BCUT2D eigenvalue weighted by Crippen LogP contribution is 2.34. The fourth-order valence-electron chi connectivity index (χ4n) is 2.24. The number of rotatable bonds is 5. The van der Waals surface area contributed by atoms with Gasteiger partial charge < -0.3 is 4.80 Å². The second-order valence-electron chi connectivity index (χ2n) is 5.43. The Morgan fingerprint density at radius 1 is 1.06 bits per heavy atom. The molecular formula is C14H23FOSi. The zero-order valence-electron chi connectivity index (χ0n) is 11.2. The summed E-state index contributed by atoms with van der Waals surface area (Å²) in [4.78, 5) is 10.7. The summed E-state index contributed by atoms with van der Waals surface area (Å²) in [7, 11) is -2.19. The van der Waals surface area contributed by atoms with Gasteiger partial charge in [-0.15, -0.1) is 0 Å². The van der Waals surface area contributed by atoms with Crippen molar-refractivity contribution in [2.24, 2.45) is 0 Å². The molecule has 1 aromatic carbocycles. The highest BCUT2D eigenvalue weighted by atomic mass is 28.4. The van der Waals surface area contributed by atoms with Crippen molar-refractivity contribution in [1.29, 1.82) is 0 Å². The van der Waals surface area contributed by atoms with E-state index in [4.69, 9.17) is 0 Å². The number of halogens is 1. The van der Waals surface area contributed by atoms with E-state index in [-0.39, 0.29) is 5.82 Å². The predicted octanol–water partition coefficient (Wildman–Crippen LogP) is 4.13. The van der Waals surface area contributed by atoms with Gasteiger partial charge in [0, 0.05) is 0 Å². The molecule has 0 atom stereocenters. The maximum atomic E-state index is 12.8. The molecule has 0 aromatic heterocycles. The molecule has 0 amide bonds. The third-order valence-electron chi connectivity index (χ3n) is 3.73. The summed E-state index contributed by atoms with van der Waals surface area (Å²) >= 11 is 0. The first-order valence-electron chi connectivity index (χ1n) is 6.33. The summed E-state index contributed by atoms with van der Waals surface area (Å²) in [5, 5.41) is 0. The highest BCUT2D eigenvalue weighted by molar-refractivity contribution is 6.75. The lowest BCUT2D eigenvalue weighted by molar-refractivity contribution is 0.489. The molecular weight excluding hydrogens is 231 g/mol. The summed E-state index contributed by atoms with van der Waals surface area (Å²) in [5.41, 5.74) is 1.84. The van der Waals surface area contributed by atoms with Crippen LogP contribution in [0.5, 0.6) is 0 Å². The molecule has 0 aliphatic rings. The molecule has 0 radical (unpaired) electrons. The van der Waals surface area contributed by atoms with E-state index in [0.29, 0.717) is 11.1 Å². The van der Waals surface area contributed by atoms with Crippen molar-refractivity contribution >= 4 is 8.32 Å². The Morgan fingerprint density at radius 3 is 1.94 bits per heavy atom. The van der Waals surface area contributed by atoms with E-state index < -0.39 is 8.32 Å². The van der Waals surface area contributed by atoms with Gasteiger partial charge in [-0.25, -0.2) is 4.39 Å². The van der Waals surface area contributed by atoms with Crippen LogP contribution in [0.15, 0.2) is 24.3 Å². The number of benzene rings is 1. The second-order valence-corrected chi connectivity index (χ2v) is 10.2. The van der Waals surface area contributed by atoms with Gasteiger partial charge in [-0.05, 0) is 41.2 Å². The molecule has 1 aromatic rings. The Labute approximate surface area is 105 Å². The first-order valence-corrected chi connectivity index (χ1v) is 8.64. The van der Waals surface area contributed by atoms with Crippen molar-refractivity contribution in [3.8, 4) is 0 Å². The summed E-state index contributed by atoms with van der Waals surface area (Å²) in [5.74, 6) is -0.200. The molecule has 0 saturated carbocycles. The van der Waals surface area contributed by atoms with Crippen LogP contribution in [0.1, 0.15) is 33.3 Å². The summed E-state index contributed by atoms with van der Waals surface area (Å²) < 4.78 is 12.8. The minimum Gasteiger partial charge on any atom is -0.431 e. The second kappa shape index (κ2) is 5.78. The van der Waals surface area contributed by atoms with Crippen LogP contribution in [0.3, 0.4) is 0 Å². The Morgan fingerprint density at radius 2 is 1.53 bits per heavy atom. The molecule has 17 heavy (non-hydrogen) atoms. The Bertz CT molecular complexity index is 338. The van der Waals surface area contributed by atoms with Gasteiger partial charge in [-0.2, -0.15) is 0 Å². The molecule has 0 bridgehead atoms. The van der Waals surface area contributed by atoms with Gasteiger partial charge in [0.05, 0.1) is 0 Å². The van der Waals surface area contributed by atoms with Crippen LogP contribution in [-0.4, -0.2) is 13.1 Å². The lowest BCUT2D eigenvalue weighted by Crippen LogP contribution is -2.41. The van der Waals surface area contributed by atoms with E-state index in [0.717, 1.165) is 18.0 Å². The van der Waals surface area contributed by atoms with Crippen molar-refractivity contribution in [2.45, 2.75) is 51.2 Å². The van der Waals surface area contributed by atoms with Crippen molar-refractivity contribution in [3.05, 3.63) is 35.6 Å². The van der Waals surface area contributed by atoms with Gasteiger partial charge >= 0.3 is 0 Å². The fourth-order valence-corrected chi connectivity index (χ4v) is 5.42. The van der Waals surface area contributed by atoms with E-state index in [1.165, 1.54) is 12.1 Å². The number of hydrogen-bond donors (Lipinski definition) is 1. The zero-order valence-corrected chi connectivity index (χ0v) is 12.2. The predicted molar refractivity (Wildman–Crippen MR) is 73.1 cm³/mol. The Balaban J connectivity index is 2.68. The Kier molecular flexibility index (Phi) is 4.89. The van der Waals surface area contributed by atoms with Crippen LogP contribution < -0.4 is 0 Å². The number of aryl methyl sites for hydroxylation is 1. The van der Waals surface area contributed by atoms with Crippen molar-refractivity contribution < 1.29 is 9.19 Å². The van der Waals surface area contributed by atoms with E-state index in [1.54, 1.807) is 0 Å². The normalized spacial score (nSPS) is 12.5. The maximum absolute atomic E-state index is 12.8. The highest BCUT2D eigenvalue weighted by Gasteiger charge is 2.37. The first kappa shape index (κ1) is 14.4. The third kappa shape index (κ3) is 3.65. The van der Waals surface area contributed by atoms with Gasteiger partial charge in [0.1, 0.15) is 5.82 Å². The Hall–Kier alpha value is -0.673. The largest absolute Gasteiger partial charge is 0.431 e. The molecule has 3 heteroatoms. The van der Waals surface area contributed by atoms with Crippen LogP contribution in [0, 0.1) is 5.82 Å². The maximum Gasteiger partial charge on any atom is 0.193 e. The van der Waals surface area contributed by atoms with Crippen LogP contribution in [-0.2, 0) is 6.42 Å². The van der Waals surface area contributed by atoms with Crippen LogP contribution in [0.4, 0.5) is 4.39 Å². The molecule has 0 aliphatic heterocycles.